The molecule has 0 aromatic rings. The number of carbonyl (C=O) groups is 5. The molecule has 4 aliphatic carbocycles. The monoisotopic (exact) mass is 518 g/mol. The quantitative estimate of drug-likeness (QED) is 0.532. The molecular weight excluding hydrogens is 483 g/mol. The van der Waals surface area contributed by atoms with Gasteiger partial charge in [0.05, 0.1) is 11.5 Å². The van der Waals surface area contributed by atoms with Crippen LogP contribution < -0.4 is 0 Å². The van der Waals surface area contributed by atoms with Gasteiger partial charge in [-0.1, -0.05) is 33.8 Å². The Morgan fingerprint density at radius 2 is 1.76 bits per heavy atom. The lowest BCUT2D eigenvalue weighted by atomic mass is 9.44. The van der Waals surface area contributed by atoms with Crippen LogP contribution in [0.5, 0.6) is 0 Å². The van der Waals surface area contributed by atoms with E-state index in [-0.39, 0.29) is 43.5 Å². The molecule has 0 spiro atoms. The summed E-state index contributed by atoms with van der Waals surface area (Å²) in [4.78, 5) is 63.6. The van der Waals surface area contributed by atoms with Gasteiger partial charge in [0, 0.05) is 42.1 Å². The molecule has 0 aromatic carbocycles. The van der Waals surface area contributed by atoms with Gasteiger partial charge in [-0.2, -0.15) is 0 Å². The van der Waals surface area contributed by atoms with Crippen molar-refractivity contribution in [1.29, 1.82) is 0 Å². The van der Waals surface area contributed by atoms with Gasteiger partial charge in [-0.15, -0.1) is 0 Å². The summed E-state index contributed by atoms with van der Waals surface area (Å²) in [6.45, 7) is 7.51. The zero-order valence-electron chi connectivity index (χ0n) is 22.0. The van der Waals surface area contributed by atoms with Crippen molar-refractivity contribution in [1.82, 2.24) is 0 Å². The zero-order chi connectivity index (χ0) is 27.6. The second kappa shape index (κ2) is 8.96. The van der Waals surface area contributed by atoms with Crippen LogP contribution in [0.15, 0.2) is 23.8 Å². The molecule has 8 nitrogen and oxygen atoms in total. The van der Waals surface area contributed by atoms with E-state index in [4.69, 9.17) is 9.47 Å². The Labute approximate surface area is 215 Å². The van der Waals surface area contributed by atoms with E-state index in [1.54, 1.807) is 27.7 Å². The van der Waals surface area contributed by atoms with Gasteiger partial charge < -0.3 is 14.6 Å². The predicted molar refractivity (Wildman–Crippen MR) is 129 cm³/mol. The molecule has 37 heavy (non-hydrogen) atoms. The molecule has 0 amide bonds. The highest BCUT2D eigenvalue weighted by atomic mass is 19.1. The van der Waals surface area contributed by atoms with Crippen molar-refractivity contribution < 1.29 is 42.9 Å². The number of alkyl halides is 1. The fraction of sp³-hybridized carbons (Fsp3) is 0.679. The largest absolute Gasteiger partial charge is 0.457 e. The summed E-state index contributed by atoms with van der Waals surface area (Å²) in [7, 11) is 0. The highest BCUT2D eigenvalue weighted by molar-refractivity contribution is 6.10. The van der Waals surface area contributed by atoms with Crippen molar-refractivity contribution in [2.75, 3.05) is 6.61 Å². The van der Waals surface area contributed by atoms with E-state index in [9.17, 15) is 29.1 Å². The summed E-state index contributed by atoms with van der Waals surface area (Å²) in [5.41, 5.74) is -6.80. The summed E-state index contributed by atoms with van der Waals surface area (Å²) in [6.07, 6.45) is 1.94. The van der Waals surface area contributed by atoms with Crippen molar-refractivity contribution in [3.8, 4) is 0 Å². The second-order valence-electron chi connectivity index (χ2n) is 11.4. The molecule has 4 rings (SSSR count). The number of aliphatic hydroxyl groups is 1. The summed E-state index contributed by atoms with van der Waals surface area (Å²) < 4.78 is 28.4. The Kier molecular flexibility index (Phi) is 6.63. The summed E-state index contributed by atoms with van der Waals surface area (Å²) in [5.74, 6) is -4.84. The number of esters is 2. The third kappa shape index (κ3) is 3.52. The van der Waals surface area contributed by atoms with Crippen LogP contribution >= 0.6 is 0 Å². The van der Waals surface area contributed by atoms with E-state index in [1.807, 2.05) is 0 Å². The maximum atomic E-state index is 17.4. The van der Waals surface area contributed by atoms with E-state index >= 15 is 4.39 Å². The fourth-order valence-electron chi connectivity index (χ4n) is 7.84. The maximum absolute atomic E-state index is 17.4. The number of fused-ring (bicyclic) bond motifs is 5. The van der Waals surface area contributed by atoms with Crippen LogP contribution in [-0.4, -0.2) is 58.4 Å². The molecular formula is C28H35FO8. The molecule has 202 valence electrons. The lowest BCUT2D eigenvalue weighted by molar-refractivity contribution is -0.227. The Balaban J connectivity index is 1.84. The third-order valence-electron chi connectivity index (χ3n) is 9.66. The Morgan fingerprint density at radius 3 is 2.38 bits per heavy atom. The second-order valence-corrected chi connectivity index (χ2v) is 11.4. The Hall–Kier alpha value is -2.68. The normalized spacial score (nSPS) is 42.3. The SMILES string of the molecule is CCC(=O)OCC(=O)[C@@]1(OC(=O)CC)[C@@H](C)C[C@H]2[C@@H]3CC(=O)C4=CC(=O)C=C[C@]4(C)[C@@]3(F)[C@@H](O)C[C@@]21C. The first-order chi connectivity index (χ1) is 17.2. The van der Waals surface area contributed by atoms with Crippen molar-refractivity contribution in [3.05, 3.63) is 23.8 Å². The van der Waals surface area contributed by atoms with Crippen LogP contribution in [0.4, 0.5) is 4.39 Å². The zero-order valence-corrected chi connectivity index (χ0v) is 22.0. The molecule has 0 unspecified atom stereocenters. The molecule has 9 heteroatoms. The molecule has 0 radical (unpaired) electrons. The first kappa shape index (κ1) is 27.4. The summed E-state index contributed by atoms with van der Waals surface area (Å²) in [5, 5.41) is 11.5. The maximum Gasteiger partial charge on any atom is 0.306 e. The minimum absolute atomic E-state index is 0.0141. The lowest BCUT2D eigenvalue weighted by Crippen LogP contribution is -2.71. The molecule has 0 heterocycles. The number of ether oxygens (including phenoxy) is 2. The van der Waals surface area contributed by atoms with Gasteiger partial charge in [0.2, 0.25) is 5.78 Å². The Morgan fingerprint density at radius 1 is 1.11 bits per heavy atom. The van der Waals surface area contributed by atoms with E-state index in [0.29, 0.717) is 0 Å². The minimum atomic E-state index is -2.30. The van der Waals surface area contributed by atoms with Crippen LogP contribution in [0, 0.1) is 28.6 Å². The molecule has 3 fully saturated rings. The van der Waals surface area contributed by atoms with Gasteiger partial charge in [-0.05, 0) is 37.8 Å². The minimum Gasteiger partial charge on any atom is -0.457 e. The summed E-state index contributed by atoms with van der Waals surface area (Å²) >= 11 is 0. The first-order valence-corrected chi connectivity index (χ1v) is 13.0. The first-order valence-electron chi connectivity index (χ1n) is 13.0. The van der Waals surface area contributed by atoms with Gasteiger partial charge in [0.25, 0.3) is 0 Å². The number of rotatable bonds is 6. The highest BCUT2D eigenvalue weighted by Crippen LogP contribution is 2.71. The molecule has 0 aliphatic heterocycles. The van der Waals surface area contributed by atoms with Gasteiger partial charge in [-0.3, -0.25) is 24.0 Å². The average molecular weight is 519 g/mol. The lowest BCUT2D eigenvalue weighted by Gasteiger charge is -2.62. The van der Waals surface area contributed by atoms with Gasteiger partial charge in [0.1, 0.15) is 0 Å². The highest BCUT2D eigenvalue weighted by Gasteiger charge is 2.78. The smallest absolute Gasteiger partial charge is 0.306 e. The van der Waals surface area contributed by atoms with Gasteiger partial charge in [-0.25, -0.2) is 4.39 Å². The molecule has 8 atom stereocenters. The molecule has 3 saturated carbocycles. The van der Waals surface area contributed by atoms with Crippen LogP contribution in [-0.2, 0) is 33.4 Å². The number of aliphatic hydroxyl groups excluding tert-OH is 1. The average Bonchev–Trinajstić information content (AvgIpc) is 3.07. The third-order valence-corrected chi connectivity index (χ3v) is 9.66. The number of halogens is 1. The van der Waals surface area contributed by atoms with Crippen molar-refractivity contribution in [2.45, 2.75) is 84.1 Å². The summed E-state index contributed by atoms with van der Waals surface area (Å²) in [6, 6.07) is 0. The number of carbonyl (C=O) groups excluding carboxylic acids is 5. The molecule has 1 N–H and O–H groups in total. The number of ketones is 3. The van der Waals surface area contributed by atoms with Crippen molar-refractivity contribution >= 4 is 29.3 Å². The number of hydrogen-bond donors (Lipinski definition) is 1. The van der Waals surface area contributed by atoms with Crippen LogP contribution in [0.25, 0.3) is 0 Å². The topological polar surface area (TPSA) is 124 Å². The molecule has 0 bridgehead atoms. The van der Waals surface area contributed by atoms with Crippen LogP contribution in [0.2, 0.25) is 0 Å². The number of hydrogen-bond acceptors (Lipinski definition) is 8. The van der Waals surface area contributed by atoms with E-state index in [0.717, 1.165) is 6.08 Å². The van der Waals surface area contributed by atoms with Crippen molar-refractivity contribution in [2.24, 2.45) is 28.6 Å². The van der Waals surface area contributed by atoms with Gasteiger partial charge in [0.15, 0.2) is 29.4 Å². The molecule has 4 aliphatic rings. The Bertz CT molecular complexity index is 1130. The molecule has 0 aromatic heterocycles. The van der Waals surface area contributed by atoms with E-state index in [2.05, 4.69) is 0 Å². The van der Waals surface area contributed by atoms with E-state index in [1.165, 1.54) is 19.1 Å². The van der Waals surface area contributed by atoms with Gasteiger partial charge >= 0.3 is 11.9 Å². The standard InChI is InChI=1S/C28H35FO8/c1-6-23(34)36-14-22(33)28(37-24(35)7-2)15(3)10-17-18-12-20(31)19-11-16(30)8-9-25(19,4)27(18,29)21(32)13-26(17,28)5/h8-9,11,15,17-18,21,32H,6-7,10,12-14H2,1-5H3/t15-,17-,18-,21-,25-,26-,27-,28-/m0/s1. The predicted octanol–water partition coefficient (Wildman–Crippen LogP) is 3.00. The van der Waals surface area contributed by atoms with Crippen LogP contribution in [0.3, 0.4) is 0 Å². The number of Topliss-reactive ketones (excluding diaryl/α,β-unsaturated/α-hetero) is 2. The fourth-order valence-corrected chi connectivity index (χ4v) is 7.84. The molecule has 0 saturated heterocycles. The number of allylic oxidation sites excluding steroid dienone is 4. The van der Waals surface area contributed by atoms with Crippen molar-refractivity contribution in [3.63, 3.8) is 0 Å². The van der Waals surface area contributed by atoms with E-state index < -0.39 is 76.1 Å². The van der Waals surface area contributed by atoms with Crippen LogP contribution in [0.1, 0.15) is 66.7 Å².